The van der Waals surface area contributed by atoms with E-state index in [1.54, 1.807) is 49.6 Å². The number of rotatable bonds is 12. The molecule has 3 amide bonds. The Bertz CT molecular complexity index is 2140. The summed E-state index contributed by atoms with van der Waals surface area (Å²) >= 11 is 1.36. The molecule has 252 valence electrons. The Morgan fingerprint density at radius 1 is 0.627 bits per heavy atom. The van der Waals surface area contributed by atoms with Gasteiger partial charge >= 0.3 is 0 Å². The number of thioether (sulfide) groups is 1. The van der Waals surface area contributed by atoms with E-state index >= 15 is 0 Å². The number of carbonyl (C=O) groups is 3. The quantitative estimate of drug-likeness (QED) is 0.0880. The Morgan fingerprint density at radius 2 is 1.24 bits per heavy atom. The zero-order chi connectivity index (χ0) is 35.4. The van der Waals surface area contributed by atoms with Gasteiger partial charge in [-0.1, -0.05) is 115 Å². The van der Waals surface area contributed by atoms with Crippen molar-refractivity contribution in [2.24, 2.45) is 0 Å². The predicted molar refractivity (Wildman–Crippen MR) is 205 cm³/mol. The summed E-state index contributed by atoms with van der Waals surface area (Å²) in [5.41, 5.74) is 5.30. The molecule has 0 aromatic heterocycles. The van der Waals surface area contributed by atoms with Crippen LogP contribution in [0.15, 0.2) is 174 Å². The van der Waals surface area contributed by atoms with Crippen molar-refractivity contribution in [3.63, 3.8) is 0 Å². The first kappa shape index (κ1) is 34.5. The summed E-state index contributed by atoms with van der Waals surface area (Å²) in [6, 6.07) is 50.5. The van der Waals surface area contributed by atoms with Crippen molar-refractivity contribution in [3.8, 4) is 16.9 Å². The van der Waals surface area contributed by atoms with Crippen molar-refractivity contribution < 1.29 is 19.1 Å². The van der Waals surface area contributed by atoms with E-state index < -0.39 is 17.1 Å². The van der Waals surface area contributed by atoms with Gasteiger partial charge in [0.2, 0.25) is 5.91 Å². The minimum absolute atomic E-state index is 0.0780. The number of nitrogens with one attached hydrogen (secondary N) is 3. The Labute approximate surface area is 301 Å². The molecule has 0 aliphatic heterocycles. The van der Waals surface area contributed by atoms with E-state index in [-0.39, 0.29) is 11.6 Å². The van der Waals surface area contributed by atoms with Crippen molar-refractivity contribution in [2.45, 2.75) is 10.1 Å². The standard InChI is InChI=1S/C43H35N3O4S/c1-50-37-21-11-19-35(28-37)45-43(49)40(33-15-7-3-8-16-33)51-38-22-12-20-36(29-38)44-42(48)39(46-41(47)34-17-9-4-10-18-34)27-30-23-25-32(26-24-30)31-13-5-2-6-14-31/h2-29,40H,1H3,(H,44,48)(H,45,49)(H,46,47)/b39-27+. The second-order valence-electron chi connectivity index (χ2n) is 11.5. The Kier molecular flexibility index (Phi) is 11.4. The largest absolute Gasteiger partial charge is 0.497 e. The maximum atomic E-state index is 13.8. The third-order valence-corrected chi connectivity index (χ3v) is 9.13. The number of carbonyl (C=O) groups excluding carboxylic acids is 3. The average molecular weight is 690 g/mol. The number of anilines is 2. The highest BCUT2D eigenvalue weighted by molar-refractivity contribution is 8.00. The molecule has 8 heteroatoms. The lowest BCUT2D eigenvalue weighted by Gasteiger charge is -2.18. The van der Waals surface area contributed by atoms with Crippen LogP contribution in [0.3, 0.4) is 0 Å². The number of methoxy groups -OCH3 is 1. The summed E-state index contributed by atoms with van der Waals surface area (Å²) in [5, 5.41) is 8.16. The first-order valence-electron chi connectivity index (χ1n) is 16.3. The number of ether oxygens (including phenoxy) is 1. The van der Waals surface area contributed by atoms with Crippen molar-refractivity contribution in [1.82, 2.24) is 5.32 Å². The van der Waals surface area contributed by atoms with E-state index in [2.05, 4.69) is 16.0 Å². The summed E-state index contributed by atoms with van der Waals surface area (Å²) in [4.78, 5) is 41.5. The molecule has 1 unspecified atom stereocenters. The van der Waals surface area contributed by atoms with Crippen LogP contribution in [0.4, 0.5) is 11.4 Å². The van der Waals surface area contributed by atoms with Crippen LogP contribution >= 0.6 is 11.8 Å². The van der Waals surface area contributed by atoms with Gasteiger partial charge in [0.1, 0.15) is 16.7 Å². The number of benzene rings is 6. The fraction of sp³-hybridized carbons (Fsp3) is 0.0465. The van der Waals surface area contributed by atoms with Gasteiger partial charge in [-0.2, -0.15) is 0 Å². The molecule has 0 radical (unpaired) electrons. The van der Waals surface area contributed by atoms with Crippen LogP contribution in [0.5, 0.6) is 5.75 Å². The fourth-order valence-electron chi connectivity index (χ4n) is 5.30. The highest BCUT2D eigenvalue weighted by atomic mass is 32.2. The first-order chi connectivity index (χ1) is 24.9. The SMILES string of the molecule is COc1cccc(NC(=O)C(Sc2cccc(NC(=O)/C(=C\c3ccc(-c4ccccc4)cc3)NC(=O)c3ccccc3)c2)c2ccccc2)c1. The number of hydrogen-bond acceptors (Lipinski definition) is 5. The smallest absolute Gasteiger partial charge is 0.272 e. The summed E-state index contributed by atoms with van der Waals surface area (Å²) in [6.45, 7) is 0. The molecule has 0 fully saturated rings. The van der Waals surface area contributed by atoms with Crippen LogP contribution in [-0.2, 0) is 9.59 Å². The molecular formula is C43H35N3O4S. The third-order valence-electron chi connectivity index (χ3n) is 7.88. The molecule has 0 spiro atoms. The Hall–Kier alpha value is -6.38. The molecule has 0 aliphatic carbocycles. The molecule has 7 nitrogen and oxygen atoms in total. The van der Waals surface area contributed by atoms with Gasteiger partial charge in [-0.05, 0) is 70.8 Å². The Morgan fingerprint density at radius 3 is 1.92 bits per heavy atom. The summed E-state index contributed by atoms with van der Waals surface area (Å²) < 4.78 is 5.32. The molecule has 1 atom stereocenters. The second-order valence-corrected chi connectivity index (χ2v) is 12.7. The van der Waals surface area contributed by atoms with E-state index in [9.17, 15) is 14.4 Å². The molecular weight excluding hydrogens is 655 g/mol. The van der Waals surface area contributed by atoms with Crippen molar-refractivity contribution in [1.29, 1.82) is 0 Å². The van der Waals surface area contributed by atoms with E-state index in [4.69, 9.17) is 4.74 Å². The van der Waals surface area contributed by atoms with Gasteiger partial charge in [0.05, 0.1) is 7.11 Å². The fourth-order valence-corrected chi connectivity index (χ4v) is 6.39. The highest BCUT2D eigenvalue weighted by Gasteiger charge is 2.23. The molecule has 6 aromatic rings. The van der Waals surface area contributed by atoms with Crippen LogP contribution in [0.1, 0.15) is 26.7 Å². The zero-order valence-corrected chi connectivity index (χ0v) is 28.6. The summed E-state index contributed by atoms with van der Waals surface area (Å²) in [7, 11) is 1.58. The molecule has 51 heavy (non-hydrogen) atoms. The van der Waals surface area contributed by atoms with Crippen LogP contribution in [0.2, 0.25) is 0 Å². The van der Waals surface area contributed by atoms with E-state index in [0.717, 1.165) is 27.1 Å². The van der Waals surface area contributed by atoms with Crippen molar-refractivity contribution in [3.05, 3.63) is 186 Å². The van der Waals surface area contributed by atoms with Gasteiger partial charge in [-0.3, -0.25) is 14.4 Å². The lowest BCUT2D eigenvalue weighted by molar-refractivity contribution is -0.116. The molecule has 0 aliphatic rings. The van der Waals surface area contributed by atoms with Gasteiger partial charge in [-0.15, -0.1) is 11.8 Å². The second kappa shape index (κ2) is 16.8. The maximum Gasteiger partial charge on any atom is 0.272 e. The first-order valence-corrected chi connectivity index (χ1v) is 17.1. The minimum Gasteiger partial charge on any atom is -0.497 e. The van der Waals surface area contributed by atoms with E-state index in [0.29, 0.717) is 22.7 Å². The zero-order valence-electron chi connectivity index (χ0n) is 27.8. The molecule has 0 saturated heterocycles. The normalized spacial score (nSPS) is 11.6. The number of hydrogen-bond donors (Lipinski definition) is 3. The van der Waals surface area contributed by atoms with Crippen LogP contribution < -0.4 is 20.7 Å². The number of amides is 3. The summed E-state index contributed by atoms with van der Waals surface area (Å²) in [6.07, 6.45) is 1.65. The van der Waals surface area contributed by atoms with Gasteiger partial charge < -0.3 is 20.7 Å². The molecule has 0 heterocycles. The Balaban J connectivity index is 1.23. The minimum atomic E-state index is -0.595. The molecule has 6 aromatic carbocycles. The molecule has 6 rings (SSSR count). The predicted octanol–water partition coefficient (Wildman–Crippen LogP) is 9.24. The monoisotopic (exact) mass is 689 g/mol. The average Bonchev–Trinajstić information content (AvgIpc) is 3.18. The van der Waals surface area contributed by atoms with E-state index in [1.165, 1.54) is 11.8 Å². The van der Waals surface area contributed by atoms with Gasteiger partial charge in [0.25, 0.3) is 11.8 Å². The summed E-state index contributed by atoms with van der Waals surface area (Å²) in [5.74, 6) is -0.474. The topological polar surface area (TPSA) is 96.5 Å². The maximum absolute atomic E-state index is 13.8. The molecule has 0 saturated carbocycles. The van der Waals surface area contributed by atoms with Crippen molar-refractivity contribution in [2.75, 3.05) is 17.7 Å². The van der Waals surface area contributed by atoms with Crippen LogP contribution in [0, 0.1) is 0 Å². The van der Waals surface area contributed by atoms with Gasteiger partial charge in [-0.25, -0.2) is 0 Å². The van der Waals surface area contributed by atoms with Crippen LogP contribution in [-0.4, -0.2) is 24.8 Å². The van der Waals surface area contributed by atoms with Crippen molar-refractivity contribution >= 4 is 46.9 Å². The molecule has 0 bridgehead atoms. The van der Waals surface area contributed by atoms with Gasteiger partial charge in [0.15, 0.2) is 0 Å². The third kappa shape index (κ3) is 9.41. The lowest BCUT2D eigenvalue weighted by atomic mass is 10.0. The van der Waals surface area contributed by atoms with Crippen LogP contribution in [0.25, 0.3) is 17.2 Å². The molecule has 3 N–H and O–H groups in total. The van der Waals surface area contributed by atoms with Gasteiger partial charge in [0, 0.05) is 27.9 Å². The van der Waals surface area contributed by atoms with E-state index in [1.807, 2.05) is 127 Å². The lowest BCUT2D eigenvalue weighted by Crippen LogP contribution is -2.30. The highest BCUT2D eigenvalue weighted by Crippen LogP contribution is 2.37.